The number of halogens is 1. The van der Waals surface area contributed by atoms with E-state index in [1.807, 2.05) is 49.4 Å². The zero-order valence-corrected chi connectivity index (χ0v) is 15.5. The zero-order valence-electron chi connectivity index (χ0n) is 13.9. The van der Waals surface area contributed by atoms with Crippen LogP contribution in [0.4, 0.5) is 5.69 Å². The number of benzene rings is 2. The number of carbonyl (C=O) groups is 2. The van der Waals surface area contributed by atoms with Gasteiger partial charge in [0.1, 0.15) is 12.3 Å². The molecule has 0 saturated carbocycles. The summed E-state index contributed by atoms with van der Waals surface area (Å²) in [7, 11) is 0. The largest absolute Gasteiger partial charge is 0.491 e. The number of para-hydroxylation sites is 2. The molecule has 5 nitrogen and oxygen atoms in total. The molecule has 0 aliphatic carbocycles. The molecule has 1 atom stereocenters. The van der Waals surface area contributed by atoms with Gasteiger partial charge < -0.3 is 10.1 Å². The first-order valence-electron chi connectivity index (χ1n) is 8.11. The predicted molar refractivity (Wildman–Crippen MR) is 99.6 cm³/mol. The maximum absolute atomic E-state index is 12.5. The smallest absolute Gasteiger partial charge is 0.240 e. The summed E-state index contributed by atoms with van der Waals surface area (Å²) in [6.07, 6.45) is 0.254. The van der Waals surface area contributed by atoms with E-state index in [0.29, 0.717) is 18.0 Å². The van der Waals surface area contributed by atoms with Crippen molar-refractivity contribution in [2.24, 2.45) is 0 Å². The number of amides is 2. The van der Waals surface area contributed by atoms with Gasteiger partial charge in [-0.1, -0.05) is 40.2 Å². The van der Waals surface area contributed by atoms with Crippen LogP contribution in [0, 0.1) is 0 Å². The van der Waals surface area contributed by atoms with E-state index in [2.05, 4.69) is 21.2 Å². The van der Waals surface area contributed by atoms with Gasteiger partial charge in [-0.3, -0.25) is 14.5 Å². The third-order valence-electron chi connectivity index (χ3n) is 4.08. The van der Waals surface area contributed by atoms with Crippen LogP contribution in [0.15, 0.2) is 53.0 Å². The molecule has 25 heavy (non-hydrogen) atoms. The fraction of sp³-hybridized carbons (Fsp3) is 0.263. The van der Waals surface area contributed by atoms with Crippen LogP contribution in [0.2, 0.25) is 0 Å². The molecule has 0 saturated heterocycles. The van der Waals surface area contributed by atoms with Gasteiger partial charge in [-0.15, -0.1) is 0 Å². The summed E-state index contributed by atoms with van der Waals surface area (Å²) >= 11 is 3.40. The molecule has 2 aromatic rings. The van der Waals surface area contributed by atoms with E-state index >= 15 is 0 Å². The van der Waals surface area contributed by atoms with Gasteiger partial charge in [-0.05, 0) is 36.8 Å². The highest BCUT2D eigenvalue weighted by Gasteiger charge is 2.25. The topological polar surface area (TPSA) is 58.6 Å². The Bertz CT molecular complexity index is 776. The van der Waals surface area contributed by atoms with E-state index in [-0.39, 0.29) is 30.8 Å². The molecule has 1 aliphatic heterocycles. The molecule has 1 N–H and O–H groups in total. The molecule has 0 unspecified atom stereocenters. The van der Waals surface area contributed by atoms with E-state index < -0.39 is 0 Å². The van der Waals surface area contributed by atoms with Crippen molar-refractivity contribution in [2.75, 3.05) is 18.1 Å². The van der Waals surface area contributed by atoms with Crippen molar-refractivity contribution >= 4 is 33.4 Å². The summed E-state index contributed by atoms with van der Waals surface area (Å²) in [5, 5.41) is 2.95. The minimum absolute atomic E-state index is 0.0277. The Kier molecular flexibility index (Phi) is 5.38. The molecule has 2 amide bonds. The Hall–Kier alpha value is -2.34. The summed E-state index contributed by atoms with van der Waals surface area (Å²) in [5.41, 5.74) is 1.64. The molecule has 3 rings (SSSR count). The maximum atomic E-state index is 12.5. The molecule has 1 aliphatic rings. The van der Waals surface area contributed by atoms with Gasteiger partial charge >= 0.3 is 0 Å². The maximum Gasteiger partial charge on any atom is 0.240 e. The van der Waals surface area contributed by atoms with Crippen LogP contribution in [-0.2, 0) is 9.59 Å². The van der Waals surface area contributed by atoms with Gasteiger partial charge in [0.25, 0.3) is 0 Å². The van der Waals surface area contributed by atoms with Gasteiger partial charge in [-0.2, -0.15) is 0 Å². The molecular weight excluding hydrogens is 384 g/mol. The summed E-state index contributed by atoms with van der Waals surface area (Å²) in [5.74, 6) is 0.305. The van der Waals surface area contributed by atoms with Crippen molar-refractivity contribution in [3.8, 4) is 5.75 Å². The molecule has 0 radical (unpaired) electrons. The van der Waals surface area contributed by atoms with E-state index in [9.17, 15) is 9.59 Å². The van der Waals surface area contributed by atoms with Crippen molar-refractivity contribution in [3.63, 3.8) is 0 Å². The quantitative estimate of drug-likeness (QED) is 0.851. The molecule has 1 heterocycles. The Labute approximate surface area is 155 Å². The van der Waals surface area contributed by atoms with Crippen molar-refractivity contribution in [1.29, 1.82) is 0 Å². The molecular formula is C19H19BrN2O3. The SMILES string of the molecule is C[C@H](NC(=O)CN1C(=O)CCOc2ccccc21)c1ccc(Br)cc1. The molecule has 0 bridgehead atoms. The highest BCUT2D eigenvalue weighted by atomic mass is 79.9. The third kappa shape index (κ3) is 4.20. The van der Waals surface area contributed by atoms with Crippen LogP contribution >= 0.6 is 15.9 Å². The van der Waals surface area contributed by atoms with Gasteiger partial charge in [-0.25, -0.2) is 0 Å². The fourth-order valence-corrected chi connectivity index (χ4v) is 3.02. The molecule has 2 aromatic carbocycles. The van der Waals surface area contributed by atoms with E-state index in [1.54, 1.807) is 6.07 Å². The second-order valence-electron chi connectivity index (χ2n) is 5.89. The summed E-state index contributed by atoms with van der Waals surface area (Å²) in [6.45, 7) is 2.21. The monoisotopic (exact) mass is 402 g/mol. The number of carbonyl (C=O) groups excluding carboxylic acids is 2. The second kappa shape index (κ2) is 7.70. The Morgan fingerprint density at radius 2 is 1.96 bits per heavy atom. The number of anilines is 1. The first-order valence-corrected chi connectivity index (χ1v) is 8.91. The van der Waals surface area contributed by atoms with Gasteiger partial charge in [0, 0.05) is 4.47 Å². The van der Waals surface area contributed by atoms with Crippen molar-refractivity contribution in [1.82, 2.24) is 5.32 Å². The molecule has 0 fully saturated rings. The van der Waals surface area contributed by atoms with Crippen molar-refractivity contribution < 1.29 is 14.3 Å². The van der Waals surface area contributed by atoms with Crippen LogP contribution in [0.3, 0.4) is 0 Å². The van der Waals surface area contributed by atoms with Gasteiger partial charge in [0.15, 0.2) is 0 Å². The first-order chi connectivity index (χ1) is 12.0. The zero-order chi connectivity index (χ0) is 17.8. The number of nitrogens with one attached hydrogen (secondary N) is 1. The normalized spacial score (nSPS) is 15.0. The van der Waals surface area contributed by atoms with E-state index in [0.717, 1.165) is 10.0 Å². The van der Waals surface area contributed by atoms with E-state index in [1.165, 1.54) is 4.90 Å². The molecule has 0 aromatic heterocycles. The highest BCUT2D eigenvalue weighted by molar-refractivity contribution is 9.10. The van der Waals surface area contributed by atoms with Crippen molar-refractivity contribution in [3.05, 3.63) is 58.6 Å². The van der Waals surface area contributed by atoms with Gasteiger partial charge in [0.05, 0.1) is 24.8 Å². The van der Waals surface area contributed by atoms with Crippen LogP contribution in [0.5, 0.6) is 5.75 Å². The number of rotatable bonds is 4. The number of fused-ring (bicyclic) bond motifs is 1. The molecule has 130 valence electrons. The lowest BCUT2D eigenvalue weighted by atomic mass is 10.1. The number of ether oxygens (including phenoxy) is 1. The minimum atomic E-state index is -0.208. The summed E-state index contributed by atoms with van der Waals surface area (Å²) < 4.78 is 6.58. The first kappa shape index (κ1) is 17.5. The van der Waals surface area contributed by atoms with Crippen LogP contribution in [-0.4, -0.2) is 25.0 Å². The number of hydrogen-bond acceptors (Lipinski definition) is 3. The number of nitrogens with zero attached hydrogens (tertiary/aromatic N) is 1. The summed E-state index contributed by atoms with van der Waals surface area (Å²) in [4.78, 5) is 26.3. The Morgan fingerprint density at radius 1 is 1.24 bits per heavy atom. The highest BCUT2D eigenvalue weighted by Crippen LogP contribution is 2.30. The Balaban J connectivity index is 1.71. The predicted octanol–water partition coefficient (Wildman–Crippen LogP) is 3.44. The van der Waals surface area contributed by atoms with E-state index in [4.69, 9.17) is 4.74 Å². The second-order valence-corrected chi connectivity index (χ2v) is 6.80. The average Bonchev–Trinajstić information content (AvgIpc) is 2.75. The lowest BCUT2D eigenvalue weighted by Crippen LogP contribution is -2.41. The third-order valence-corrected chi connectivity index (χ3v) is 4.61. The Morgan fingerprint density at radius 3 is 2.72 bits per heavy atom. The minimum Gasteiger partial charge on any atom is -0.491 e. The lowest BCUT2D eigenvalue weighted by Gasteiger charge is -2.23. The lowest BCUT2D eigenvalue weighted by molar-refractivity contribution is -0.124. The average molecular weight is 403 g/mol. The van der Waals surface area contributed by atoms with Gasteiger partial charge in [0.2, 0.25) is 11.8 Å². The van der Waals surface area contributed by atoms with Crippen LogP contribution in [0.25, 0.3) is 0 Å². The molecule has 6 heteroatoms. The van der Waals surface area contributed by atoms with Crippen LogP contribution in [0.1, 0.15) is 24.9 Å². The molecule has 0 spiro atoms. The van der Waals surface area contributed by atoms with Crippen LogP contribution < -0.4 is 15.0 Å². The number of hydrogen-bond donors (Lipinski definition) is 1. The summed E-state index contributed by atoms with van der Waals surface area (Å²) in [6, 6.07) is 14.9. The van der Waals surface area contributed by atoms with Crippen molar-refractivity contribution in [2.45, 2.75) is 19.4 Å². The standard InChI is InChI=1S/C19H19BrN2O3/c1-13(14-6-8-15(20)9-7-14)21-18(23)12-22-16-4-2-3-5-17(16)25-11-10-19(22)24/h2-9,13H,10-12H2,1H3,(H,21,23)/t13-/m0/s1. The fourth-order valence-electron chi connectivity index (χ4n) is 2.76.